The fraction of sp³-hybridized carbons (Fsp3) is 0.600. The molecule has 2 rings (SSSR count). The van der Waals surface area contributed by atoms with Crippen molar-refractivity contribution in [2.45, 2.75) is 52.6 Å². The van der Waals surface area contributed by atoms with Crippen LogP contribution in [0.2, 0.25) is 0 Å². The Morgan fingerprint density at radius 1 is 1.35 bits per heavy atom. The van der Waals surface area contributed by atoms with Gasteiger partial charge in [0.1, 0.15) is 5.75 Å². The van der Waals surface area contributed by atoms with Crippen molar-refractivity contribution in [2.24, 2.45) is 5.41 Å². The fourth-order valence-electron chi connectivity index (χ4n) is 2.36. The smallest absolute Gasteiger partial charge is 0.119 e. The van der Waals surface area contributed by atoms with Crippen LogP contribution in [0.4, 0.5) is 0 Å². The lowest BCUT2D eigenvalue weighted by Gasteiger charge is -2.31. The SMILES string of the molecule is CC(NC1CCc2c(O)cccc21)C(C)(C)C. The second-order valence-corrected chi connectivity index (χ2v) is 6.19. The average molecular weight is 233 g/mol. The highest BCUT2D eigenvalue weighted by atomic mass is 16.3. The van der Waals surface area contributed by atoms with Crippen molar-refractivity contribution >= 4 is 0 Å². The zero-order valence-electron chi connectivity index (χ0n) is 11.2. The van der Waals surface area contributed by atoms with Crippen molar-refractivity contribution in [3.63, 3.8) is 0 Å². The van der Waals surface area contributed by atoms with Crippen molar-refractivity contribution in [3.05, 3.63) is 29.3 Å². The molecule has 0 bridgehead atoms. The first-order chi connectivity index (χ1) is 7.89. The molecule has 1 aliphatic rings. The topological polar surface area (TPSA) is 32.3 Å². The molecular formula is C15H23NO. The minimum Gasteiger partial charge on any atom is -0.508 e. The monoisotopic (exact) mass is 233 g/mol. The first-order valence-corrected chi connectivity index (χ1v) is 6.46. The summed E-state index contributed by atoms with van der Waals surface area (Å²) in [5.41, 5.74) is 2.67. The van der Waals surface area contributed by atoms with E-state index in [-0.39, 0.29) is 5.41 Å². The predicted octanol–water partition coefficient (Wildman–Crippen LogP) is 3.40. The van der Waals surface area contributed by atoms with Crippen LogP contribution in [0.1, 0.15) is 51.3 Å². The van der Waals surface area contributed by atoms with Gasteiger partial charge in [0.05, 0.1) is 0 Å². The Kier molecular flexibility index (Phi) is 3.17. The van der Waals surface area contributed by atoms with Gasteiger partial charge in [0, 0.05) is 12.1 Å². The van der Waals surface area contributed by atoms with Crippen LogP contribution in [-0.4, -0.2) is 11.1 Å². The molecule has 2 atom stereocenters. The number of phenolic OH excluding ortho intramolecular Hbond substituents is 1. The van der Waals surface area contributed by atoms with Crippen LogP contribution in [0, 0.1) is 5.41 Å². The summed E-state index contributed by atoms with van der Waals surface area (Å²) >= 11 is 0. The Balaban J connectivity index is 2.15. The van der Waals surface area contributed by atoms with E-state index in [1.807, 2.05) is 6.07 Å². The first-order valence-electron chi connectivity index (χ1n) is 6.46. The summed E-state index contributed by atoms with van der Waals surface area (Å²) in [5, 5.41) is 13.5. The molecule has 0 amide bonds. The van der Waals surface area contributed by atoms with Crippen LogP contribution in [-0.2, 0) is 6.42 Å². The highest BCUT2D eigenvalue weighted by Crippen LogP contribution is 2.37. The second kappa shape index (κ2) is 4.34. The van der Waals surface area contributed by atoms with Gasteiger partial charge in [-0.3, -0.25) is 0 Å². The Morgan fingerprint density at radius 3 is 2.71 bits per heavy atom. The minimum atomic E-state index is 0.263. The van der Waals surface area contributed by atoms with E-state index in [0.29, 0.717) is 17.8 Å². The third kappa shape index (κ3) is 2.47. The van der Waals surface area contributed by atoms with Crippen molar-refractivity contribution in [3.8, 4) is 5.75 Å². The number of benzene rings is 1. The standard InChI is InChI=1S/C15H23NO/c1-10(15(2,3)4)16-13-9-8-12-11(13)6-5-7-14(12)17/h5-7,10,13,16-17H,8-9H2,1-4H3. The predicted molar refractivity (Wildman–Crippen MR) is 71.2 cm³/mol. The molecule has 94 valence electrons. The van der Waals surface area contributed by atoms with Gasteiger partial charge in [-0.2, -0.15) is 0 Å². The molecule has 0 saturated heterocycles. The molecule has 0 radical (unpaired) electrons. The molecule has 0 fully saturated rings. The molecule has 0 heterocycles. The number of nitrogens with one attached hydrogen (secondary N) is 1. The third-order valence-corrected chi connectivity index (χ3v) is 4.00. The van der Waals surface area contributed by atoms with Gasteiger partial charge in [0.25, 0.3) is 0 Å². The third-order valence-electron chi connectivity index (χ3n) is 4.00. The lowest BCUT2D eigenvalue weighted by Crippen LogP contribution is -2.39. The quantitative estimate of drug-likeness (QED) is 0.820. The van der Waals surface area contributed by atoms with Crippen LogP contribution >= 0.6 is 0 Å². The number of aromatic hydroxyl groups is 1. The van der Waals surface area contributed by atoms with Crippen LogP contribution in [0.15, 0.2) is 18.2 Å². The Labute approximate surface area is 104 Å². The van der Waals surface area contributed by atoms with E-state index in [1.165, 1.54) is 5.56 Å². The van der Waals surface area contributed by atoms with Crippen LogP contribution < -0.4 is 5.32 Å². The fourth-order valence-corrected chi connectivity index (χ4v) is 2.36. The summed E-state index contributed by atoms with van der Waals surface area (Å²) in [6, 6.07) is 6.71. The van der Waals surface area contributed by atoms with E-state index in [4.69, 9.17) is 0 Å². The summed E-state index contributed by atoms with van der Waals surface area (Å²) in [5.74, 6) is 0.454. The van der Waals surface area contributed by atoms with Crippen molar-refractivity contribution in [1.29, 1.82) is 0 Å². The zero-order chi connectivity index (χ0) is 12.6. The maximum absolute atomic E-state index is 9.82. The van der Waals surface area contributed by atoms with Crippen LogP contribution in [0.5, 0.6) is 5.75 Å². The Bertz CT molecular complexity index is 406. The van der Waals surface area contributed by atoms with Crippen LogP contribution in [0.3, 0.4) is 0 Å². The van der Waals surface area contributed by atoms with Gasteiger partial charge in [-0.25, -0.2) is 0 Å². The van der Waals surface area contributed by atoms with E-state index >= 15 is 0 Å². The molecule has 2 nitrogen and oxygen atoms in total. The number of fused-ring (bicyclic) bond motifs is 1. The minimum absolute atomic E-state index is 0.263. The number of phenols is 1. The highest BCUT2D eigenvalue weighted by Gasteiger charge is 2.28. The molecule has 1 aromatic rings. The first kappa shape index (κ1) is 12.4. The van der Waals surface area contributed by atoms with Gasteiger partial charge in [0.2, 0.25) is 0 Å². The summed E-state index contributed by atoms with van der Waals surface area (Å²) in [4.78, 5) is 0. The molecule has 0 spiro atoms. The number of hydrogen-bond acceptors (Lipinski definition) is 2. The van der Waals surface area contributed by atoms with Crippen molar-refractivity contribution in [1.82, 2.24) is 5.32 Å². The molecule has 0 aliphatic heterocycles. The normalized spacial score (nSPS) is 21.3. The number of rotatable bonds is 2. The van der Waals surface area contributed by atoms with E-state index in [1.54, 1.807) is 6.07 Å². The molecule has 2 N–H and O–H groups in total. The summed E-state index contributed by atoms with van der Waals surface area (Å²) in [7, 11) is 0. The molecule has 2 heteroatoms. The molecule has 1 aliphatic carbocycles. The average Bonchev–Trinajstić information content (AvgIpc) is 2.62. The lowest BCUT2D eigenvalue weighted by molar-refractivity contribution is 0.262. The number of hydrogen-bond donors (Lipinski definition) is 2. The van der Waals surface area contributed by atoms with Gasteiger partial charge >= 0.3 is 0 Å². The lowest BCUT2D eigenvalue weighted by atomic mass is 9.87. The van der Waals surface area contributed by atoms with Gasteiger partial charge < -0.3 is 10.4 Å². The van der Waals surface area contributed by atoms with Crippen molar-refractivity contribution < 1.29 is 5.11 Å². The largest absolute Gasteiger partial charge is 0.508 e. The summed E-state index contributed by atoms with van der Waals surface area (Å²) in [6.45, 7) is 9.00. The molecular weight excluding hydrogens is 210 g/mol. The van der Waals surface area contributed by atoms with E-state index in [2.05, 4.69) is 39.1 Å². The van der Waals surface area contributed by atoms with Crippen molar-refractivity contribution in [2.75, 3.05) is 0 Å². The van der Waals surface area contributed by atoms with Gasteiger partial charge in [-0.05, 0) is 42.4 Å². The Morgan fingerprint density at radius 2 is 2.06 bits per heavy atom. The van der Waals surface area contributed by atoms with E-state index in [9.17, 15) is 5.11 Å². The molecule has 17 heavy (non-hydrogen) atoms. The second-order valence-electron chi connectivity index (χ2n) is 6.19. The molecule has 0 saturated carbocycles. The molecule has 1 aromatic carbocycles. The van der Waals surface area contributed by atoms with Gasteiger partial charge in [-0.1, -0.05) is 32.9 Å². The van der Waals surface area contributed by atoms with E-state index < -0.39 is 0 Å². The van der Waals surface area contributed by atoms with Crippen LogP contribution in [0.25, 0.3) is 0 Å². The maximum Gasteiger partial charge on any atom is 0.119 e. The highest BCUT2D eigenvalue weighted by molar-refractivity contribution is 5.44. The molecule has 2 unspecified atom stereocenters. The summed E-state index contributed by atoms with van der Waals surface area (Å²) < 4.78 is 0. The van der Waals surface area contributed by atoms with Gasteiger partial charge in [0.15, 0.2) is 0 Å². The zero-order valence-corrected chi connectivity index (χ0v) is 11.2. The maximum atomic E-state index is 9.82. The molecule has 0 aromatic heterocycles. The van der Waals surface area contributed by atoms with E-state index in [0.717, 1.165) is 18.4 Å². The summed E-state index contributed by atoms with van der Waals surface area (Å²) in [6.07, 6.45) is 2.07. The Hall–Kier alpha value is -1.02. The van der Waals surface area contributed by atoms with Gasteiger partial charge in [-0.15, -0.1) is 0 Å².